The van der Waals surface area contributed by atoms with Gasteiger partial charge in [0.05, 0.1) is 35.7 Å². The van der Waals surface area contributed by atoms with Crippen molar-refractivity contribution in [3.05, 3.63) is 101 Å². The van der Waals surface area contributed by atoms with Gasteiger partial charge in [-0.1, -0.05) is 48.0 Å². The van der Waals surface area contributed by atoms with Crippen LogP contribution >= 0.6 is 11.6 Å². The van der Waals surface area contributed by atoms with Gasteiger partial charge < -0.3 is 9.64 Å². The Morgan fingerprint density at radius 1 is 0.886 bits per heavy atom. The number of ketones is 1. The molecule has 3 heterocycles. The summed E-state index contributed by atoms with van der Waals surface area (Å²) in [6.45, 7) is 0. The number of nitrogens with zero attached hydrogens (tertiary/aromatic N) is 2. The van der Waals surface area contributed by atoms with Crippen LogP contribution in [-0.4, -0.2) is 35.6 Å². The van der Waals surface area contributed by atoms with Gasteiger partial charge in [-0.15, -0.1) is 0 Å². The van der Waals surface area contributed by atoms with Gasteiger partial charge in [0.1, 0.15) is 11.8 Å². The molecule has 0 bridgehead atoms. The van der Waals surface area contributed by atoms with E-state index in [1.807, 2.05) is 41.4 Å². The lowest BCUT2D eigenvalue weighted by Crippen LogP contribution is -2.44. The smallest absolute Gasteiger partial charge is 0.240 e. The van der Waals surface area contributed by atoms with Crippen LogP contribution in [0.3, 0.4) is 0 Å². The van der Waals surface area contributed by atoms with Gasteiger partial charge in [-0.25, -0.2) is 4.90 Å². The molecule has 0 spiro atoms. The molecule has 0 unspecified atom stereocenters. The zero-order valence-corrected chi connectivity index (χ0v) is 19.6. The second-order valence-electron chi connectivity index (χ2n) is 8.89. The summed E-state index contributed by atoms with van der Waals surface area (Å²) in [5.41, 5.74) is 2.71. The first kappa shape index (κ1) is 21.6. The summed E-state index contributed by atoms with van der Waals surface area (Å²) < 4.78 is 5.22. The van der Waals surface area contributed by atoms with Gasteiger partial charge >= 0.3 is 0 Å². The molecule has 0 saturated carbocycles. The van der Waals surface area contributed by atoms with Crippen molar-refractivity contribution in [2.24, 2.45) is 11.8 Å². The number of benzene rings is 3. The minimum absolute atomic E-state index is 0.212. The number of hydrogen-bond acceptors (Lipinski definition) is 5. The molecule has 4 atom stereocenters. The van der Waals surface area contributed by atoms with Crippen molar-refractivity contribution in [2.75, 3.05) is 12.0 Å². The minimum atomic E-state index is -0.839. The highest BCUT2D eigenvalue weighted by Crippen LogP contribution is 2.54. The molecule has 7 heteroatoms. The highest BCUT2D eigenvalue weighted by atomic mass is 35.5. The van der Waals surface area contributed by atoms with Gasteiger partial charge in [0.25, 0.3) is 0 Å². The molecule has 174 valence electrons. The molecule has 6 rings (SSSR count). The van der Waals surface area contributed by atoms with E-state index in [1.54, 1.807) is 55.6 Å². The van der Waals surface area contributed by atoms with Crippen molar-refractivity contribution in [1.29, 1.82) is 0 Å². The van der Waals surface area contributed by atoms with E-state index in [-0.39, 0.29) is 11.7 Å². The Labute approximate surface area is 207 Å². The Morgan fingerprint density at radius 3 is 2.31 bits per heavy atom. The maximum Gasteiger partial charge on any atom is 0.240 e. The molecule has 2 amide bonds. The van der Waals surface area contributed by atoms with Gasteiger partial charge in [0, 0.05) is 11.8 Å². The van der Waals surface area contributed by atoms with Crippen molar-refractivity contribution in [1.82, 2.24) is 4.90 Å². The zero-order chi connectivity index (χ0) is 24.3. The number of Topliss-reactive ketones (excluding diaryl/α,β-unsaturated/α-hetero) is 1. The molecular weight excluding hydrogens is 464 g/mol. The van der Waals surface area contributed by atoms with Gasteiger partial charge in [0.15, 0.2) is 5.78 Å². The number of anilines is 1. The highest BCUT2D eigenvalue weighted by molar-refractivity contribution is 6.36. The fraction of sp³-hybridized carbons (Fsp3) is 0.179. The molecule has 2 saturated heterocycles. The lowest BCUT2D eigenvalue weighted by molar-refractivity contribution is -0.123. The second kappa shape index (κ2) is 8.10. The third kappa shape index (κ3) is 3.13. The van der Waals surface area contributed by atoms with E-state index in [2.05, 4.69) is 0 Å². The Bertz CT molecular complexity index is 1400. The predicted molar refractivity (Wildman–Crippen MR) is 132 cm³/mol. The maximum atomic E-state index is 13.9. The number of imide groups is 1. The average Bonchev–Trinajstić information content (AvgIpc) is 3.36. The van der Waals surface area contributed by atoms with Gasteiger partial charge in [-0.2, -0.15) is 0 Å². The van der Waals surface area contributed by atoms with Crippen LogP contribution < -0.4 is 9.64 Å². The summed E-state index contributed by atoms with van der Waals surface area (Å²) in [6.07, 6.45) is 3.78. The molecule has 6 nitrogen and oxygen atoms in total. The quantitative estimate of drug-likeness (QED) is 0.395. The zero-order valence-electron chi connectivity index (χ0n) is 18.8. The van der Waals surface area contributed by atoms with Crippen molar-refractivity contribution < 1.29 is 19.1 Å². The highest BCUT2D eigenvalue weighted by Gasteiger charge is 2.64. The van der Waals surface area contributed by atoms with Crippen molar-refractivity contribution in [3.63, 3.8) is 0 Å². The topological polar surface area (TPSA) is 66.9 Å². The summed E-state index contributed by atoms with van der Waals surface area (Å²) >= 11 is 6.39. The first-order valence-corrected chi connectivity index (χ1v) is 11.7. The minimum Gasteiger partial charge on any atom is -0.497 e. The molecule has 35 heavy (non-hydrogen) atoms. The van der Waals surface area contributed by atoms with Crippen LogP contribution in [0, 0.1) is 11.8 Å². The molecule has 0 radical (unpaired) electrons. The van der Waals surface area contributed by atoms with Crippen LogP contribution in [0.5, 0.6) is 5.75 Å². The third-order valence-electron chi connectivity index (χ3n) is 7.20. The number of halogens is 1. The number of amides is 2. The Hall–Kier alpha value is -3.90. The van der Waals surface area contributed by atoms with Crippen LogP contribution in [-0.2, 0) is 9.59 Å². The van der Waals surface area contributed by atoms with E-state index < -0.39 is 29.8 Å². The Morgan fingerprint density at radius 2 is 1.57 bits per heavy atom. The molecule has 3 aliphatic rings. The fourth-order valence-electron chi connectivity index (χ4n) is 5.65. The monoisotopic (exact) mass is 484 g/mol. The molecule has 2 fully saturated rings. The Kier molecular flexibility index (Phi) is 5.00. The number of methoxy groups -OCH3 is 1. The lowest BCUT2D eigenvalue weighted by atomic mass is 9.83. The summed E-state index contributed by atoms with van der Waals surface area (Å²) in [4.78, 5) is 44.7. The van der Waals surface area contributed by atoms with E-state index in [1.165, 1.54) is 4.90 Å². The number of ether oxygens (including phenoxy) is 1. The number of fused-ring (bicyclic) bond motifs is 5. The molecule has 3 aromatic rings. The van der Waals surface area contributed by atoms with Gasteiger partial charge in [-0.3, -0.25) is 14.4 Å². The third-order valence-corrected chi connectivity index (χ3v) is 7.52. The van der Waals surface area contributed by atoms with Crippen LogP contribution in [0.4, 0.5) is 5.69 Å². The lowest BCUT2D eigenvalue weighted by Gasteiger charge is -2.35. The molecule has 3 aromatic carbocycles. The largest absolute Gasteiger partial charge is 0.497 e. The number of para-hydroxylation sites is 1. The predicted octanol–water partition coefficient (Wildman–Crippen LogP) is 4.75. The molecule has 0 aliphatic carbocycles. The number of rotatable bonds is 4. The molecule has 0 N–H and O–H groups in total. The first-order chi connectivity index (χ1) is 17.0. The van der Waals surface area contributed by atoms with E-state index in [0.29, 0.717) is 22.0 Å². The average molecular weight is 485 g/mol. The van der Waals surface area contributed by atoms with E-state index in [0.717, 1.165) is 11.1 Å². The molecule has 0 aromatic heterocycles. The SMILES string of the molecule is COc1ccc(C(=O)[C@@H]2[C@@H]3C(=O)N(c4ccccc4Cl)C(=O)[C@H]3[C@@H]3c4ccccc4C=CN23)cc1. The maximum absolute atomic E-state index is 13.9. The van der Waals surface area contributed by atoms with E-state index in [9.17, 15) is 14.4 Å². The second-order valence-corrected chi connectivity index (χ2v) is 9.30. The van der Waals surface area contributed by atoms with Gasteiger partial charge in [0.2, 0.25) is 11.8 Å². The standard InChI is InChI=1S/C28H21ClN2O4/c1-35-18-12-10-17(11-13-18)26(32)25-23-22(24-19-7-3-2-6-16(19)14-15-30(24)25)27(33)31(28(23)34)21-9-5-4-8-20(21)29/h2-15,22-25H,1H3/t22-,23-,24+,25+/m1/s1. The van der Waals surface area contributed by atoms with Crippen LogP contribution in [0.1, 0.15) is 27.5 Å². The normalized spacial score (nSPS) is 24.3. The molecule has 3 aliphatic heterocycles. The van der Waals surface area contributed by atoms with Crippen molar-refractivity contribution in [3.8, 4) is 5.75 Å². The van der Waals surface area contributed by atoms with Crippen molar-refractivity contribution >= 4 is 41.0 Å². The summed E-state index contributed by atoms with van der Waals surface area (Å²) in [5.74, 6) is -1.87. The van der Waals surface area contributed by atoms with Crippen LogP contribution in [0.2, 0.25) is 5.02 Å². The number of hydrogen-bond donors (Lipinski definition) is 0. The Balaban J connectivity index is 1.49. The number of carbonyl (C=O) groups is 3. The van der Waals surface area contributed by atoms with Crippen LogP contribution in [0.25, 0.3) is 6.08 Å². The van der Waals surface area contributed by atoms with Gasteiger partial charge in [-0.05, 0) is 53.6 Å². The van der Waals surface area contributed by atoms with E-state index >= 15 is 0 Å². The van der Waals surface area contributed by atoms with Crippen molar-refractivity contribution in [2.45, 2.75) is 12.1 Å². The summed E-state index contributed by atoms with van der Waals surface area (Å²) in [5, 5.41) is 0.313. The summed E-state index contributed by atoms with van der Waals surface area (Å²) in [6, 6.07) is 20.1. The fourth-order valence-corrected chi connectivity index (χ4v) is 5.87. The number of carbonyl (C=O) groups excluding carboxylic acids is 3. The van der Waals surface area contributed by atoms with E-state index in [4.69, 9.17) is 16.3 Å². The van der Waals surface area contributed by atoms with Crippen LogP contribution in [0.15, 0.2) is 79.0 Å². The molecular formula is C28H21ClN2O4. The first-order valence-electron chi connectivity index (χ1n) is 11.4. The summed E-state index contributed by atoms with van der Waals surface area (Å²) in [7, 11) is 1.56.